The summed E-state index contributed by atoms with van der Waals surface area (Å²) in [6.45, 7) is 6.08. The van der Waals surface area contributed by atoms with Crippen molar-refractivity contribution in [2.45, 2.75) is 26.3 Å². The Morgan fingerprint density at radius 2 is 1.96 bits per heavy atom. The van der Waals surface area contributed by atoms with E-state index in [0.717, 1.165) is 35.7 Å². The zero-order chi connectivity index (χ0) is 20.1. The van der Waals surface area contributed by atoms with Crippen LogP contribution in [-0.2, 0) is 4.79 Å². The van der Waals surface area contributed by atoms with Gasteiger partial charge < -0.3 is 4.74 Å². The second-order valence-corrected chi connectivity index (χ2v) is 7.13. The Labute approximate surface area is 171 Å². The molecule has 0 radical (unpaired) electrons. The number of likely N-dealkylation sites (N-methyl/N-ethyl adjacent to an activating group) is 1. The number of hydrogen-bond donors (Lipinski definition) is 0. The lowest BCUT2D eigenvalue weighted by Gasteiger charge is -2.26. The van der Waals surface area contributed by atoms with Crippen LogP contribution in [0.1, 0.15) is 37.4 Å². The maximum Gasteiger partial charge on any atom is 0.257 e. The fourth-order valence-corrected chi connectivity index (χ4v) is 3.68. The van der Waals surface area contributed by atoms with Gasteiger partial charge >= 0.3 is 0 Å². The van der Waals surface area contributed by atoms with Crippen molar-refractivity contribution in [2.24, 2.45) is 5.10 Å². The summed E-state index contributed by atoms with van der Waals surface area (Å²) in [6.07, 6.45) is 0.612. The predicted molar refractivity (Wildman–Crippen MR) is 113 cm³/mol. The van der Waals surface area contributed by atoms with Gasteiger partial charge in [-0.05, 0) is 36.9 Å². The van der Waals surface area contributed by atoms with Gasteiger partial charge in [-0.15, -0.1) is 0 Å². The fraction of sp³-hybridized carbons (Fsp3) is 0.364. The molecule has 148 valence electrons. The van der Waals surface area contributed by atoms with E-state index in [9.17, 15) is 4.79 Å². The lowest BCUT2D eigenvalue weighted by molar-refractivity contribution is -0.134. The maximum absolute atomic E-state index is 13.1. The summed E-state index contributed by atoms with van der Waals surface area (Å²) < 4.78 is 5.34. The minimum atomic E-state index is -0.210. The molecule has 1 atom stereocenters. The van der Waals surface area contributed by atoms with E-state index in [1.165, 1.54) is 0 Å². The molecule has 1 heterocycles. The molecule has 0 N–H and O–H groups in total. The molecular formula is C22H26ClN3O2. The highest BCUT2D eigenvalue weighted by Gasteiger charge is 2.34. The number of ether oxygens (including phenoxy) is 1. The Morgan fingerprint density at radius 3 is 2.64 bits per heavy atom. The van der Waals surface area contributed by atoms with Crippen LogP contribution < -0.4 is 4.74 Å². The quantitative estimate of drug-likeness (QED) is 0.694. The lowest BCUT2D eigenvalue weighted by Crippen LogP contribution is -2.38. The SMILES string of the molecule is CCN(CC)CC(=O)N1N=C(c2cccc(OC)c2)C[C@H]1c1ccccc1Cl. The Morgan fingerprint density at radius 1 is 1.21 bits per heavy atom. The van der Waals surface area contributed by atoms with Gasteiger partial charge in [-0.3, -0.25) is 9.69 Å². The Bertz CT molecular complexity index is 864. The third-order valence-electron chi connectivity index (χ3n) is 5.09. The highest BCUT2D eigenvalue weighted by molar-refractivity contribution is 6.31. The summed E-state index contributed by atoms with van der Waals surface area (Å²) in [5.41, 5.74) is 2.73. The van der Waals surface area contributed by atoms with Gasteiger partial charge in [0.05, 0.1) is 25.4 Å². The number of nitrogens with zero attached hydrogens (tertiary/aromatic N) is 3. The minimum absolute atomic E-state index is 0.0217. The van der Waals surface area contributed by atoms with E-state index >= 15 is 0 Å². The van der Waals surface area contributed by atoms with E-state index in [-0.39, 0.29) is 11.9 Å². The zero-order valence-corrected chi connectivity index (χ0v) is 17.3. The molecule has 5 nitrogen and oxygen atoms in total. The van der Waals surface area contributed by atoms with Gasteiger partial charge in [-0.25, -0.2) is 5.01 Å². The largest absolute Gasteiger partial charge is 0.497 e. The van der Waals surface area contributed by atoms with E-state index in [1.54, 1.807) is 12.1 Å². The molecule has 28 heavy (non-hydrogen) atoms. The lowest BCUT2D eigenvalue weighted by atomic mass is 9.98. The molecule has 0 unspecified atom stereocenters. The molecule has 0 spiro atoms. The third kappa shape index (κ3) is 4.37. The number of carbonyl (C=O) groups is 1. The molecule has 1 aliphatic heterocycles. The number of halogens is 1. The van der Waals surface area contributed by atoms with Crippen molar-refractivity contribution in [1.82, 2.24) is 9.91 Å². The molecule has 0 fully saturated rings. The summed E-state index contributed by atoms with van der Waals surface area (Å²) in [6, 6.07) is 15.2. The molecule has 0 saturated heterocycles. The normalized spacial score (nSPS) is 16.4. The van der Waals surface area contributed by atoms with Crippen LogP contribution in [0.25, 0.3) is 0 Å². The summed E-state index contributed by atoms with van der Waals surface area (Å²) >= 11 is 6.46. The average Bonchev–Trinajstić information content (AvgIpc) is 3.17. The van der Waals surface area contributed by atoms with Gasteiger partial charge in [-0.1, -0.05) is 55.8 Å². The summed E-state index contributed by atoms with van der Waals surface area (Å²) in [7, 11) is 1.64. The van der Waals surface area contributed by atoms with Crippen molar-refractivity contribution in [1.29, 1.82) is 0 Å². The van der Waals surface area contributed by atoms with Crippen molar-refractivity contribution >= 4 is 23.2 Å². The number of hydrogen-bond acceptors (Lipinski definition) is 4. The molecular weight excluding hydrogens is 374 g/mol. The predicted octanol–water partition coefficient (Wildman–Crippen LogP) is 4.37. The van der Waals surface area contributed by atoms with Gasteiger partial charge in [0.1, 0.15) is 5.75 Å². The molecule has 2 aromatic carbocycles. The van der Waals surface area contributed by atoms with Crippen molar-refractivity contribution in [3.8, 4) is 5.75 Å². The summed E-state index contributed by atoms with van der Waals surface area (Å²) in [5.74, 6) is 0.744. The van der Waals surface area contributed by atoms with Crippen LogP contribution in [-0.4, -0.2) is 48.3 Å². The number of hydrazone groups is 1. The van der Waals surface area contributed by atoms with Gasteiger partial charge in [0, 0.05) is 17.0 Å². The Balaban J connectivity index is 1.95. The van der Waals surface area contributed by atoms with Crippen molar-refractivity contribution in [3.63, 3.8) is 0 Å². The second-order valence-electron chi connectivity index (χ2n) is 6.72. The molecule has 2 aromatic rings. The van der Waals surface area contributed by atoms with Crippen LogP contribution in [0.3, 0.4) is 0 Å². The highest BCUT2D eigenvalue weighted by Crippen LogP contribution is 2.36. The number of amides is 1. The Kier molecular flexibility index (Phi) is 6.70. The monoisotopic (exact) mass is 399 g/mol. The minimum Gasteiger partial charge on any atom is -0.497 e. The van der Waals surface area contributed by atoms with E-state index in [0.29, 0.717) is 18.0 Å². The second kappa shape index (κ2) is 9.22. The van der Waals surface area contributed by atoms with Crippen LogP contribution in [0.4, 0.5) is 0 Å². The van der Waals surface area contributed by atoms with E-state index in [4.69, 9.17) is 21.4 Å². The third-order valence-corrected chi connectivity index (χ3v) is 5.43. The van der Waals surface area contributed by atoms with Crippen LogP contribution >= 0.6 is 11.6 Å². The zero-order valence-electron chi connectivity index (χ0n) is 16.6. The maximum atomic E-state index is 13.1. The molecule has 0 bridgehead atoms. The summed E-state index contributed by atoms with van der Waals surface area (Å²) in [5, 5.41) is 6.97. The number of benzene rings is 2. The molecule has 6 heteroatoms. The number of carbonyl (C=O) groups excluding carboxylic acids is 1. The van der Waals surface area contributed by atoms with Gasteiger partial charge in [0.15, 0.2) is 0 Å². The first-order valence-corrected chi connectivity index (χ1v) is 9.95. The first kappa shape index (κ1) is 20.4. The van der Waals surface area contributed by atoms with Crippen molar-refractivity contribution in [2.75, 3.05) is 26.7 Å². The van der Waals surface area contributed by atoms with Gasteiger partial charge in [0.2, 0.25) is 0 Å². The first-order chi connectivity index (χ1) is 13.6. The van der Waals surface area contributed by atoms with Crippen LogP contribution in [0, 0.1) is 0 Å². The van der Waals surface area contributed by atoms with Crippen LogP contribution in [0.5, 0.6) is 5.75 Å². The van der Waals surface area contributed by atoms with Crippen molar-refractivity contribution in [3.05, 3.63) is 64.7 Å². The number of methoxy groups -OCH3 is 1. The topological polar surface area (TPSA) is 45.1 Å². The van der Waals surface area contributed by atoms with E-state index in [1.807, 2.05) is 48.5 Å². The highest BCUT2D eigenvalue weighted by atomic mass is 35.5. The molecule has 0 aliphatic carbocycles. The first-order valence-electron chi connectivity index (χ1n) is 9.58. The van der Waals surface area contributed by atoms with Gasteiger partial charge in [0.25, 0.3) is 5.91 Å². The average molecular weight is 400 g/mol. The van der Waals surface area contributed by atoms with Crippen LogP contribution in [0.2, 0.25) is 5.02 Å². The van der Waals surface area contributed by atoms with Crippen LogP contribution in [0.15, 0.2) is 53.6 Å². The Hall–Kier alpha value is -2.37. The molecule has 1 aliphatic rings. The molecule has 0 saturated carbocycles. The molecule has 1 amide bonds. The summed E-state index contributed by atoms with van der Waals surface area (Å²) in [4.78, 5) is 15.2. The smallest absolute Gasteiger partial charge is 0.257 e. The van der Waals surface area contributed by atoms with Gasteiger partial charge in [-0.2, -0.15) is 5.10 Å². The number of rotatable bonds is 7. The van der Waals surface area contributed by atoms with Crippen molar-refractivity contribution < 1.29 is 9.53 Å². The standard InChI is InChI=1S/C22H26ClN3O2/c1-4-25(5-2)15-22(27)26-21(18-11-6-7-12-19(18)23)14-20(24-26)16-9-8-10-17(13-16)28-3/h6-13,21H,4-5,14-15H2,1-3H3/t21-/m0/s1. The van der Waals surface area contributed by atoms with E-state index < -0.39 is 0 Å². The molecule has 3 rings (SSSR count). The fourth-order valence-electron chi connectivity index (χ4n) is 3.42. The van der Waals surface area contributed by atoms with E-state index in [2.05, 4.69) is 18.7 Å². The molecule has 0 aromatic heterocycles.